The Morgan fingerprint density at radius 1 is 1.40 bits per heavy atom. The number of nitrogens with zero attached hydrogens (tertiary/aromatic N) is 2. The number of rotatable bonds is 5. The number of aromatic nitrogens is 2. The summed E-state index contributed by atoms with van der Waals surface area (Å²) in [4.78, 5) is 0. The lowest BCUT2D eigenvalue weighted by molar-refractivity contribution is 0.171. The van der Waals surface area contributed by atoms with Crippen molar-refractivity contribution < 1.29 is 9.84 Å². The third kappa shape index (κ3) is 3.11. The molecule has 1 aromatic carbocycles. The SMILES string of the molecule is COCCn1ncc(Br)c1C(O)c1cc(C)ccc1C. The summed E-state index contributed by atoms with van der Waals surface area (Å²) < 4.78 is 7.67. The molecule has 1 N–H and O–H groups in total. The lowest BCUT2D eigenvalue weighted by atomic mass is 9.99. The molecule has 1 heterocycles. The highest BCUT2D eigenvalue weighted by Gasteiger charge is 2.21. The van der Waals surface area contributed by atoms with E-state index in [1.165, 1.54) is 0 Å². The van der Waals surface area contributed by atoms with Gasteiger partial charge in [0.2, 0.25) is 0 Å². The molecule has 0 aliphatic rings. The summed E-state index contributed by atoms with van der Waals surface area (Å²) in [7, 11) is 1.65. The number of halogens is 1. The van der Waals surface area contributed by atoms with Gasteiger partial charge in [-0.25, -0.2) is 0 Å². The third-order valence-electron chi connectivity index (χ3n) is 3.33. The zero-order valence-corrected chi connectivity index (χ0v) is 13.5. The van der Waals surface area contributed by atoms with Crippen LogP contribution in [-0.2, 0) is 11.3 Å². The number of hydrogen-bond acceptors (Lipinski definition) is 3. The van der Waals surface area contributed by atoms with Gasteiger partial charge in [-0.3, -0.25) is 4.68 Å². The van der Waals surface area contributed by atoms with E-state index in [1.807, 2.05) is 32.0 Å². The van der Waals surface area contributed by atoms with Crippen LogP contribution in [0.15, 0.2) is 28.9 Å². The average molecular weight is 339 g/mol. The van der Waals surface area contributed by atoms with Gasteiger partial charge < -0.3 is 9.84 Å². The Hall–Kier alpha value is -1.17. The molecule has 2 rings (SSSR count). The molecule has 1 aromatic heterocycles. The van der Waals surface area contributed by atoms with Crippen LogP contribution in [0.1, 0.15) is 28.5 Å². The topological polar surface area (TPSA) is 47.3 Å². The van der Waals surface area contributed by atoms with Crippen LogP contribution in [0.4, 0.5) is 0 Å². The molecule has 0 saturated carbocycles. The van der Waals surface area contributed by atoms with Crippen LogP contribution in [-0.4, -0.2) is 28.6 Å². The standard InChI is InChI=1S/C15H19BrN2O2/c1-10-4-5-11(2)12(8-10)15(19)14-13(16)9-17-18(14)6-7-20-3/h4-5,8-9,15,19H,6-7H2,1-3H3. The maximum atomic E-state index is 10.7. The number of methoxy groups -OCH3 is 1. The highest BCUT2D eigenvalue weighted by molar-refractivity contribution is 9.10. The Morgan fingerprint density at radius 2 is 2.15 bits per heavy atom. The molecule has 0 spiro atoms. The molecule has 0 amide bonds. The van der Waals surface area contributed by atoms with Crippen molar-refractivity contribution in [3.05, 3.63) is 51.3 Å². The molecule has 0 bridgehead atoms. The van der Waals surface area contributed by atoms with Crippen molar-refractivity contribution in [2.75, 3.05) is 13.7 Å². The van der Waals surface area contributed by atoms with E-state index in [2.05, 4.69) is 21.0 Å². The molecule has 0 aliphatic heterocycles. The van der Waals surface area contributed by atoms with Gasteiger partial charge in [0.05, 0.1) is 29.5 Å². The number of aliphatic hydroxyl groups excluding tert-OH is 1. The second-order valence-corrected chi connectivity index (χ2v) is 5.71. The third-order valence-corrected chi connectivity index (χ3v) is 3.94. The molecule has 1 unspecified atom stereocenters. The van der Waals surface area contributed by atoms with E-state index in [4.69, 9.17) is 4.74 Å². The van der Waals surface area contributed by atoms with E-state index in [0.29, 0.717) is 13.2 Å². The summed E-state index contributed by atoms with van der Waals surface area (Å²) in [6.45, 7) is 5.19. The second kappa shape index (κ2) is 6.52. The average Bonchev–Trinajstić information content (AvgIpc) is 2.79. The van der Waals surface area contributed by atoms with Crippen molar-refractivity contribution in [2.45, 2.75) is 26.5 Å². The van der Waals surface area contributed by atoms with Crippen molar-refractivity contribution in [1.29, 1.82) is 0 Å². The molecule has 5 heteroatoms. The maximum absolute atomic E-state index is 10.7. The monoisotopic (exact) mass is 338 g/mol. The van der Waals surface area contributed by atoms with E-state index in [-0.39, 0.29) is 0 Å². The Morgan fingerprint density at radius 3 is 2.85 bits per heavy atom. The minimum atomic E-state index is -0.705. The maximum Gasteiger partial charge on any atom is 0.122 e. The molecule has 0 fully saturated rings. The first-order valence-corrected chi connectivity index (χ1v) is 7.29. The van der Waals surface area contributed by atoms with Gasteiger partial charge >= 0.3 is 0 Å². The van der Waals surface area contributed by atoms with Crippen molar-refractivity contribution in [2.24, 2.45) is 0 Å². The minimum absolute atomic E-state index is 0.556. The first-order valence-electron chi connectivity index (χ1n) is 6.50. The quantitative estimate of drug-likeness (QED) is 0.911. The first-order chi connectivity index (χ1) is 9.54. The van der Waals surface area contributed by atoms with Gasteiger partial charge in [-0.2, -0.15) is 5.10 Å². The zero-order chi connectivity index (χ0) is 14.7. The predicted octanol–water partition coefficient (Wildman–Crippen LogP) is 2.99. The molecule has 0 aliphatic carbocycles. The summed E-state index contributed by atoms with van der Waals surface area (Å²) in [5.41, 5.74) is 3.86. The van der Waals surface area contributed by atoms with Crippen molar-refractivity contribution >= 4 is 15.9 Å². The molecular formula is C15H19BrN2O2. The highest BCUT2D eigenvalue weighted by atomic mass is 79.9. The van der Waals surface area contributed by atoms with Crippen LogP contribution in [0.5, 0.6) is 0 Å². The van der Waals surface area contributed by atoms with Crippen LogP contribution in [0, 0.1) is 13.8 Å². The first kappa shape index (κ1) is 15.2. The number of aryl methyl sites for hydroxylation is 2. The van der Waals surface area contributed by atoms with E-state index in [1.54, 1.807) is 18.0 Å². The van der Waals surface area contributed by atoms with Gasteiger partial charge in [0.25, 0.3) is 0 Å². The normalized spacial score (nSPS) is 12.7. The summed E-state index contributed by atoms with van der Waals surface area (Å²) >= 11 is 3.47. The Kier molecular flexibility index (Phi) is 4.96. The molecule has 0 radical (unpaired) electrons. The van der Waals surface area contributed by atoms with Crippen molar-refractivity contribution in [3.63, 3.8) is 0 Å². The Balaban J connectivity index is 2.39. The molecule has 108 valence electrons. The molecule has 4 nitrogen and oxygen atoms in total. The summed E-state index contributed by atoms with van der Waals surface area (Å²) in [6, 6.07) is 6.08. The summed E-state index contributed by atoms with van der Waals surface area (Å²) in [5.74, 6) is 0. The molecule has 0 saturated heterocycles. The van der Waals surface area contributed by atoms with Gasteiger partial charge in [0.1, 0.15) is 6.10 Å². The smallest absolute Gasteiger partial charge is 0.122 e. The van der Waals surface area contributed by atoms with Crippen molar-refractivity contribution in [3.8, 4) is 0 Å². The van der Waals surface area contributed by atoms with Crippen LogP contribution >= 0.6 is 15.9 Å². The fourth-order valence-corrected chi connectivity index (χ4v) is 2.71. The minimum Gasteiger partial charge on any atom is -0.383 e. The molecular weight excluding hydrogens is 320 g/mol. The number of aliphatic hydroxyl groups is 1. The number of benzene rings is 1. The van der Waals surface area contributed by atoms with E-state index < -0.39 is 6.10 Å². The summed E-state index contributed by atoms with van der Waals surface area (Å²) in [6.07, 6.45) is 1.00. The fraction of sp³-hybridized carbons (Fsp3) is 0.400. The predicted molar refractivity (Wildman–Crippen MR) is 81.8 cm³/mol. The van der Waals surface area contributed by atoms with Crippen LogP contribution in [0.2, 0.25) is 0 Å². The highest BCUT2D eigenvalue weighted by Crippen LogP contribution is 2.30. The lowest BCUT2D eigenvalue weighted by Crippen LogP contribution is -2.14. The Bertz CT molecular complexity index is 596. The lowest BCUT2D eigenvalue weighted by Gasteiger charge is -2.17. The van der Waals surface area contributed by atoms with E-state index >= 15 is 0 Å². The summed E-state index contributed by atoms with van der Waals surface area (Å²) in [5, 5.41) is 15.0. The van der Waals surface area contributed by atoms with Crippen LogP contribution in [0.3, 0.4) is 0 Å². The second-order valence-electron chi connectivity index (χ2n) is 4.86. The van der Waals surface area contributed by atoms with E-state index in [0.717, 1.165) is 26.9 Å². The Labute approximate surface area is 127 Å². The van der Waals surface area contributed by atoms with Gasteiger partial charge in [-0.1, -0.05) is 23.8 Å². The fourth-order valence-electron chi connectivity index (χ4n) is 2.20. The van der Waals surface area contributed by atoms with Gasteiger partial charge in [0.15, 0.2) is 0 Å². The van der Waals surface area contributed by atoms with Gasteiger partial charge in [-0.05, 0) is 40.9 Å². The van der Waals surface area contributed by atoms with Gasteiger partial charge in [-0.15, -0.1) is 0 Å². The van der Waals surface area contributed by atoms with Crippen LogP contribution < -0.4 is 0 Å². The van der Waals surface area contributed by atoms with E-state index in [9.17, 15) is 5.11 Å². The zero-order valence-electron chi connectivity index (χ0n) is 11.9. The largest absolute Gasteiger partial charge is 0.383 e. The van der Waals surface area contributed by atoms with Crippen molar-refractivity contribution in [1.82, 2.24) is 9.78 Å². The number of ether oxygens (including phenoxy) is 1. The number of hydrogen-bond donors (Lipinski definition) is 1. The molecule has 20 heavy (non-hydrogen) atoms. The molecule has 1 atom stereocenters. The molecule has 2 aromatic rings. The van der Waals surface area contributed by atoms with Gasteiger partial charge in [0, 0.05) is 7.11 Å². The van der Waals surface area contributed by atoms with Crippen LogP contribution in [0.25, 0.3) is 0 Å².